The van der Waals surface area contributed by atoms with Crippen LogP contribution < -0.4 is 10.6 Å². The lowest BCUT2D eigenvalue weighted by molar-refractivity contribution is -0.256. The summed E-state index contributed by atoms with van der Waals surface area (Å²) in [5.74, 6) is 0. The largest absolute Gasteiger partial charge is 0.446 e. The smallest absolute Gasteiger partial charge is 0.411 e. The van der Waals surface area contributed by atoms with E-state index in [2.05, 4.69) is 10.6 Å². The van der Waals surface area contributed by atoms with E-state index in [4.69, 9.17) is 9.47 Å². The highest BCUT2D eigenvalue weighted by Crippen LogP contribution is 2.39. The summed E-state index contributed by atoms with van der Waals surface area (Å²) in [4.78, 5) is 25.4. The first kappa shape index (κ1) is 29.2. The van der Waals surface area contributed by atoms with Crippen molar-refractivity contribution in [2.24, 2.45) is 0 Å². The van der Waals surface area contributed by atoms with E-state index >= 15 is 0 Å². The van der Waals surface area contributed by atoms with Crippen molar-refractivity contribution >= 4 is 23.6 Å². The van der Waals surface area contributed by atoms with E-state index in [0.717, 1.165) is 5.56 Å². The van der Waals surface area contributed by atoms with Gasteiger partial charge in [-0.15, -0.1) is 0 Å². The molecule has 0 radical (unpaired) electrons. The van der Waals surface area contributed by atoms with Crippen LogP contribution >= 0.6 is 0 Å². The van der Waals surface area contributed by atoms with Crippen molar-refractivity contribution in [2.45, 2.75) is 122 Å². The molecule has 10 heteroatoms. The zero-order valence-electron chi connectivity index (χ0n) is 23.6. The summed E-state index contributed by atoms with van der Waals surface area (Å²) in [6.45, 7) is 17.1. The molecule has 1 aromatic carbocycles. The minimum absolute atomic E-state index is 0.356. The first-order valence-corrected chi connectivity index (χ1v) is 12.9. The van der Waals surface area contributed by atoms with Gasteiger partial charge >= 0.3 is 12.2 Å². The maximum Gasteiger partial charge on any atom is 0.411 e. The lowest BCUT2D eigenvalue weighted by Gasteiger charge is -2.50. The van der Waals surface area contributed by atoms with Gasteiger partial charge in [0.25, 0.3) is 0 Å². The maximum absolute atomic E-state index is 12.7. The predicted molar refractivity (Wildman–Crippen MR) is 141 cm³/mol. The van der Waals surface area contributed by atoms with Gasteiger partial charge in [0, 0.05) is 59.2 Å². The topological polar surface area (TPSA) is 124 Å². The van der Waals surface area contributed by atoms with Crippen molar-refractivity contribution in [2.75, 3.05) is 10.6 Å². The first-order chi connectivity index (χ1) is 16.8. The Bertz CT molecular complexity index is 986. The number of rotatable bonds is 4. The van der Waals surface area contributed by atoms with Crippen LogP contribution in [0.25, 0.3) is 0 Å². The molecule has 2 fully saturated rings. The number of benzene rings is 1. The summed E-state index contributed by atoms with van der Waals surface area (Å²) >= 11 is 0. The van der Waals surface area contributed by atoms with Crippen LogP contribution in [-0.4, -0.2) is 67.1 Å². The minimum atomic E-state index is -0.597. The van der Waals surface area contributed by atoms with E-state index in [-0.39, 0.29) is 12.2 Å². The highest BCUT2D eigenvalue weighted by Gasteiger charge is 2.47. The number of hydroxylamine groups is 4. The molecule has 0 unspecified atom stereocenters. The molecule has 0 saturated carbocycles. The maximum atomic E-state index is 12.7. The van der Waals surface area contributed by atoms with Crippen molar-refractivity contribution in [1.29, 1.82) is 0 Å². The van der Waals surface area contributed by atoms with Crippen LogP contribution in [0.4, 0.5) is 21.0 Å². The average Bonchev–Trinajstić information content (AvgIpc) is 2.71. The van der Waals surface area contributed by atoms with E-state index < -0.39 is 34.3 Å². The van der Waals surface area contributed by atoms with Gasteiger partial charge in [-0.2, -0.15) is 10.1 Å². The van der Waals surface area contributed by atoms with Crippen LogP contribution in [0.5, 0.6) is 0 Å². The summed E-state index contributed by atoms with van der Waals surface area (Å²) in [6.07, 6.45) is 0.0806. The molecule has 3 rings (SSSR count). The van der Waals surface area contributed by atoms with Gasteiger partial charge in [-0.25, -0.2) is 9.59 Å². The molecular formula is C27H44N4O6. The molecule has 1 aromatic rings. The van der Waals surface area contributed by atoms with Crippen LogP contribution in [0, 0.1) is 6.92 Å². The molecule has 208 valence electrons. The van der Waals surface area contributed by atoms with Crippen molar-refractivity contribution < 1.29 is 29.5 Å². The predicted octanol–water partition coefficient (Wildman–Crippen LogP) is 5.91. The van der Waals surface area contributed by atoms with Gasteiger partial charge in [0.2, 0.25) is 0 Å². The highest BCUT2D eigenvalue weighted by molar-refractivity contribution is 5.89. The third-order valence-electron chi connectivity index (χ3n) is 7.47. The van der Waals surface area contributed by atoms with Gasteiger partial charge < -0.3 is 19.9 Å². The Morgan fingerprint density at radius 2 is 1.14 bits per heavy atom. The second-order valence-electron chi connectivity index (χ2n) is 13.0. The van der Waals surface area contributed by atoms with Gasteiger partial charge in [0.15, 0.2) is 0 Å². The summed E-state index contributed by atoms with van der Waals surface area (Å²) < 4.78 is 11.4. The van der Waals surface area contributed by atoms with Crippen LogP contribution in [0.15, 0.2) is 18.2 Å². The summed E-state index contributed by atoms with van der Waals surface area (Å²) in [5, 5.41) is 29.1. The quantitative estimate of drug-likeness (QED) is 0.386. The van der Waals surface area contributed by atoms with E-state index in [9.17, 15) is 20.0 Å². The number of anilines is 2. The average molecular weight is 521 g/mol. The van der Waals surface area contributed by atoms with Crippen LogP contribution in [0.3, 0.4) is 0 Å². The van der Waals surface area contributed by atoms with E-state index in [0.29, 0.717) is 37.1 Å². The summed E-state index contributed by atoms with van der Waals surface area (Å²) in [7, 11) is 0. The van der Waals surface area contributed by atoms with Gasteiger partial charge in [0.1, 0.15) is 12.2 Å². The highest BCUT2D eigenvalue weighted by atomic mass is 16.6. The summed E-state index contributed by atoms with van der Waals surface area (Å²) in [5.41, 5.74) is -0.355. The Balaban J connectivity index is 1.61. The van der Waals surface area contributed by atoms with Crippen LogP contribution in [-0.2, 0) is 9.47 Å². The number of aryl methyl sites for hydroxylation is 1. The lowest BCUT2D eigenvalue weighted by atomic mass is 9.80. The number of nitrogens with one attached hydrogen (secondary N) is 2. The van der Waals surface area contributed by atoms with Gasteiger partial charge in [0.05, 0.1) is 0 Å². The molecule has 0 aromatic heterocycles. The van der Waals surface area contributed by atoms with Crippen molar-refractivity contribution in [3.63, 3.8) is 0 Å². The molecule has 0 spiro atoms. The Morgan fingerprint density at radius 3 is 1.54 bits per heavy atom. The zero-order chi connectivity index (χ0) is 28.0. The number of carbonyl (C=O) groups excluding carboxylic acids is 2. The normalized spacial score (nSPS) is 23.8. The molecular weight excluding hydrogens is 476 g/mol. The molecule has 37 heavy (non-hydrogen) atoms. The third-order valence-corrected chi connectivity index (χ3v) is 7.47. The Labute approximate surface area is 220 Å². The SMILES string of the molecule is Cc1ccc(NC(=O)OC2CC(C)(C)N(O)C(C)(C)C2)cc1NC(=O)OC1CC(C)(C)N(O)C(C)(C)C1. The fourth-order valence-electron chi connectivity index (χ4n) is 5.95. The number of amides is 2. The molecule has 0 aliphatic carbocycles. The zero-order valence-corrected chi connectivity index (χ0v) is 23.6. The molecule has 4 N–H and O–H groups in total. The van der Waals surface area contributed by atoms with Gasteiger partial charge in [-0.05, 0) is 80.0 Å². The number of nitrogens with zero attached hydrogens (tertiary/aromatic N) is 2. The number of hydrogen-bond donors (Lipinski definition) is 4. The van der Waals surface area contributed by atoms with E-state index in [1.165, 1.54) is 10.1 Å². The van der Waals surface area contributed by atoms with Gasteiger partial charge in [-0.1, -0.05) is 6.07 Å². The molecule has 10 nitrogen and oxygen atoms in total. The summed E-state index contributed by atoms with van der Waals surface area (Å²) in [6, 6.07) is 5.18. The van der Waals surface area contributed by atoms with E-state index in [1.54, 1.807) is 18.2 Å². The minimum Gasteiger partial charge on any atom is -0.446 e. The Hall–Kier alpha value is -2.40. The molecule has 0 atom stereocenters. The van der Waals surface area contributed by atoms with Gasteiger partial charge in [-0.3, -0.25) is 10.6 Å². The fraction of sp³-hybridized carbons (Fsp3) is 0.704. The molecule has 2 amide bonds. The molecule has 0 bridgehead atoms. The van der Waals surface area contributed by atoms with Crippen molar-refractivity contribution in [3.8, 4) is 0 Å². The third kappa shape index (κ3) is 6.73. The van der Waals surface area contributed by atoms with Crippen LogP contribution in [0.2, 0.25) is 0 Å². The Kier molecular flexibility index (Phi) is 7.92. The van der Waals surface area contributed by atoms with Crippen LogP contribution in [0.1, 0.15) is 86.6 Å². The molecule has 2 saturated heterocycles. The van der Waals surface area contributed by atoms with Crippen molar-refractivity contribution in [3.05, 3.63) is 23.8 Å². The second kappa shape index (κ2) is 10.1. The number of carbonyl (C=O) groups is 2. The number of ether oxygens (including phenoxy) is 2. The number of hydrogen-bond acceptors (Lipinski definition) is 8. The van der Waals surface area contributed by atoms with Crippen molar-refractivity contribution in [1.82, 2.24) is 10.1 Å². The standard InChI is InChI=1S/C27H44N4O6/c1-17-10-11-18(28-22(32)36-19-13-24(2,3)30(34)25(4,5)14-19)12-21(17)29-23(33)37-20-15-26(6,7)31(35)27(8,9)16-20/h10-12,19-20,34-35H,13-16H2,1-9H3,(H,28,32)(H,29,33). The Morgan fingerprint density at radius 1 is 0.757 bits per heavy atom. The molecule has 2 aliphatic rings. The lowest BCUT2D eigenvalue weighted by Crippen LogP contribution is -2.60. The monoisotopic (exact) mass is 520 g/mol. The number of piperidine rings is 2. The molecule has 2 heterocycles. The fourth-order valence-corrected chi connectivity index (χ4v) is 5.95. The second-order valence-corrected chi connectivity index (χ2v) is 13.0. The van der Waals surface area contributed by atoms with E-state index in [1.807, 2.05) is 62.3 Å². The molecule has 2 aliphatic heterocycles. The first-order valence-electron chi connectivity index (χ1n) is 12.9.